The van der Waals surface area contributed by atoms with Crippen LogP contribution in [-0.4, -0.2) is 5.91 Å². The Morgan fingerprint density at radius 2 is 2.00 bits per heavy atom. The highest BCUT2D eigenvalue weighted by Crippen LogP contribution is 2.40. The lowest BCUT2D eigenvalue weighted by Gasteiger charge is -2.29. The zero-order valence-electron chi connectivity index (χ0n) is 10.1. The van der Waals surface area contributed by atoms with Crippen LogP contribution in [0.3, 0.4) is 0 Å². The minimum absolute atomic E-state index is 0.0176. The second-order valence-electron chi connectivity index (χ2n) is 4.90. The molecule has 2 rings (SSSR count). The number of fused-ring (bicyclic) bond motifs is 1. The van der Waals surface area contributed by atoms with Crippen LogP contribution in [0.25, 0.3) is 0 Å². The van der Waals surface area contributed by atoms with E-state index in [0.717, 1.165) is 17.7 Å². The first-order chi connectivity index (χ1) is 8.29. The molecule has 2 nitrogen and oxygen atoms in total. The van der Waals surface area contributed by atoms with E-state index in [1.165, 1.54) is 6.07 Å². The number of carbonyl (C=O) groups is 1. The third-order valence-electron chi connectivity index (χ3n) is 3.26. The van der Waals surface area contributed by atoms with Crippen LogP contribution >= 0.6 is 0 Å². The van der Waals surface area contributed by atoms with Crippen LogP contribution in [0, 0.1) is 5.92 Å². The van der Waals surface area contributed by atoms with Crippen LogP contribution in [0.5, 0.6) is 0 Å². The molecule has 0 fully saturated rings. The van der Waals surface area contributed by atoms with Crippen LogP contribution in [0.15, 0.2) is 18.2 Å². The lowest BCUT2D eigenvalue weighted by molar-refractivity contribution is -0.137. The quantitative estimate of drug-likeness (QED) is 0.814. The Labute approximate surface area is 103 Å². The summed E-state index contributed by atoms with van der Waals surface area (Å²) in [5, 5.41) is 2.52. The summed E-state index contributed by atoms with van der Waals surface area (Å²) >= 11 is 0. The minimum Gasteiger partial charge on any atom is -0.326 e. The molecule has 1 aliphatic rings. The molecule has 1 aromatic rings. The molecule has 5 heteroatoms. The zero-order valence-corrected chi connectivity index (χ0v) is 10.1. The van der Waals surface area contributed by atoms with Crippen molar-refractivity contribution in [3.05, 3.63) is 29.3 Å². The normalized spacial score (nSPS) is 19.7. The number of nitrogens with one attached hydrogen (secondary N) is 1. The standard InChI is InChI=1S/C13H14F3NO/c1-7(2)10-6-12(18)17-11-5-8(13(14,15)16)3-4-9(10)11/h3-5,7,10H,6H2,1-2H3,(H,17,18). The molecule has 0 aromatic heterocycles. The monoisotopic (exact) mass is 257 g/mol. The van der Waals surface area contributed by atoms with Crippen molar-refractivity contribution in [1.82, 2.24) is 0 Å². The summed E-state index contributed by atoms with van der Waals surface area (Å²) in [7, 11) is 0. The van der Waals surface area contributed by atoms with Gasteiger partial charge in [-0.05, 0) is 29.5 Å². The maximum atomic E-state index is 12.6. The van der Waals surface area contributed by atoms with E-state index < -0.39 is 11.7 Å². The molecule has 1 heterocycles. The number of anilines is 1. The maximum absolute atomic E-state index is 12.6. The van der Waals surface area contributed by atoms with E-state index in [9.17, 15) is 18.0 Å². The van der Waals surface area contributed by atoms with Crippen molar-refractivity contribution in [2.24, 2.45) is 5.92 Å². The fraction of sp³-hybridized carbons (Fsp3) is 0.462. The number of alkyl halides is 3. The second kappa shape index (κ2) is 4.30. The molecule has 0 spiro atoms. The summed E-state index contributed by atoms with van der Waals surface area (Å²) in [5.74, 6) is -0.0249. The van der Waals surface area contributed by atoms with Crippen molar-refractivity contribution in [3.63, 3.8) is 0 Å². The van der Waals surface area contributed by atoms with E-state index in [0.29, 0.717) is 12.1 Å². The fourth-order valence-electron chi connectivity index (χ4n) is 2.27. The van der Waals surface area contributed by atoms with Crippen molar-refractivity contribution in [1.29, 1.82) is 0 Å². The summed E-state index contributed by atoms with van der Waals surface area (Å²) in [6.07, 6.45) is -4.05. The SMILES string of the molecule is CC(C)C1CC(=O)Nc2cc(C(F)(F)F)ccc21. The zero-order chi connectivity index (χ0) is 13.5. The van der Waals surface area contributed by atoms with E-state index in [1.807, 2.05) is 13.8 Å². The highest BCUT2D eigenvalue weighted by Gasteiger charge is 2.34. The van der Waals surface area contributed by atoms with E-state index in [-0.39, 0.29) is 17.7 Å². The molecule has 1 aliphatic heterocycles. The average molecular weight is 257 g/mol. The van der Waals surface area contributed by atoms with Gasteiger partial charge in [0.15, 0.2) is 0 Å². The molecule has 0 radical (unpaired) electrons. The Kier molecular flexibility index (Phi) is 3.09. The number of hydrogen-bond donors (Lipinski definition) is 1. The van der Waals surface area contributed by atoms with Gasteiger partial charge in [0.1, 0.15) is 0 Å². The van der Waals surface area contributed by atoms with Gasteiger partial charge in [-0.25, -0.2) is 0 Å². The van der Waals surface area contributed by atoms with E-state index in [1.54, 1.807) is 0 Å². The fourth-order valence-corrected chi connectivity index (χ4v) is 2.27. The Hall–Kier alpha value is -1.52. The smallest absolute Gasteiger partial charge is 0.326 e. The molecule has 0 bridgehead atoms. The first-order valence-corrected chi connectivity index (χ1v) is 5.80. The molecule has 0 aliphatic carbocycles. The number of benzene rings is 1. The van der Waals surface area contributed by atoms with Crippen LogP contribution in [0.4, 0.5) is 18.9 Å². The summed E-state index contributed by atoms with van der Waals surface area (Å²) < 4.78 is 37.8. The van der Waals surface area contributed by atoms with Crippen LogP contribution in [0.1, 0.15) is 37.3 Å². The molecular formula is C13H14F3NO. The van der Waals surface area contributed by atoms with Gasteiger partial charge in [-0.1, -0.05) is 19.9 Å². The van der Waals surface area contributed by atoms with Gasteiger partial charge in [0.25, 0.3) is 0 Å². The molecule has 0 saturated carbocycles. The van der Waals surface area contributed by atoms with Crippen LogP contribution < -0.4 is 5.32 Å². The second-order valence-corrected chi connectivity index (χ2v) is 4.90. The molecule has 1 amide bonds. The lowest BCUT2D eigenvalue weighted by atomic mass is 9.82. The molecule has 1 atom stereocenters. The average Bonchev–Trinajstić information content (AvgIpc) is 2.25. The largest absolute Gasteiger partial charge is 0.416 e. The van der Waals surface area contributed by atoms with Gasteiger partial charge >= 0.3 is 6.18 Å². The Balaban J connectivity index is 2.47. The van der Waals surface area contributed by atoms with Gasteiger partial charge in [-0.2, -0.15) is 13.2 Å². The number of rotatable bonds is 1. The Morgan fingerprint density at radius 1 is 1.33 bits per heavy atom. The molecule has 1 unspecified atom stereocenters. The van der Waals surface area contributed by atoms with Crippen molar-refractivity contribution in [3.8, 4) is 0 Å². The lowest BCUT2D eigenvalue weighted by Crippen LogP contribution is -2.26. The molecule has 1 N–H and O–H groups in total. The predicted molar refractivity (Wildman–Crippen MR) is 62.3 cm³/mol. The van der Waals surface area contributed by atoms with Gasteiger partial charge in [-0.3, -0.25) is 4.79 Å². The Morgan fingerprint density at radius 3 is 2.56 bits per heavy atom. The van der Waals surface area contributed by atoms with Gasteiger partial charge in [0.05, 0.1) is 5.56 Å². The summed E-state index contributed by atoms with van der Waals surface area (Å²) in [4.78, 5) is 11.5. The first-order valence-electron chi connectivity index (χ1n) is 5.80. The third kappa shape index (κ3) is 2.35. The summed E-state index contributed by atoms with van der Waals surface area (Å²) in [6, 6.07) is 3.57. The molecular weight excluding hydrogens is 243 g/mol. The number of hydrogen-bond acceptors (Lipinski definition) is 1. The van der Waals surface area contributed by atoms with Gasteiger partial charge in [-0.15, -0.1) is 0 Å². The van der Waals surface area contributed by atoms with Crippen molar-refractivity contribution in [2.45, 2.75) is 32.4 Å². The van der Waals surface area contributed by atoms with Gasteiger partial charge in [0.2, 0.25) is 5.91 Å². The minimum atomic E-state index is -4.38. The summed E-state index contributed by atoms with van der Waals surface area (Å²) in [5.41, 5.74) is 0.350. The van der Waals surface area contributed by atoms with E-state index in [2.05, 4.69) is 5.32 Å². The molecule has 98 valence electrons. The predicted octanol–water partition coefficient (Wildman–Crippen LogP) is 3.79. The highest BCUT2D eigenvalue weighted by molar-refractivity contribution is 5.94. The summed E-state index contributed by atoms with van der Waals surface area (Å²) in [6.45, 7) is 3.93. The number of amides is 1. The third-order valence-corrected chi connectivity index (χ3v) is 3.26. The molecule has 1 aromatic carbocycles. The number of carbonyl (C=O) groups excluding carboxylic acids is 1. The van der Waals surface area contributed by atoms with Crippen molar-refractivity contribution in [2.75, 3.05) is 5.32 Å². The molecule has 18 heavy (non-hydrogen) atoms. The maximum Gasteiger partial charge on any atom is 0.416 e. The highest BCUT2D eigenvalue weighted by atomic mass is 19.4. The molecule has 0 saturated heterocycles. The van der Waals surface area contributed by atoms with E-state index >= 15 is 0 Å². The topological polar surface area (TPSA) is 29.1 Å². The van der Waals surface area contributed by atoms with E-state index in [4.69, 9.17) is 0 Å². The van der Waals surface area contributed by atoms with Crippen LogP contribution in [0.2, 0.25) is 0 Å². The van der Waals surface area contributed by atoms with Crippen molar-refractivity contribution < 1.29 is 18.0 Å². The Bertz CT molecular complexity index is 480. The van der Waals surface area contributed by atoms with Gasteiger partial charge < -0.3 is 5.32 Å². The van der Waals surface area contributed by atoms with Crippen LogP contribution in [-0.2, 0) is 11.0 Å². The number of halogens is 3. The van der Waals surface area contributed by atoms with Gasteiger partial charge in [0, 0.05) is 12.1 Å². The van der Waals surface area contributed by atoms with Crippen molar-refractivity contribution >= 4 is 11.6 Å². The first kappa shape index (κ1) is 12.9.